The van der Waals surface area contributed by atoms with E-state index in [0.717, 1.165) is 32.3 Å². The highest BCUT2D eigenvalue weighted by Gasteiger charge is 2.53. The number of amides is 1. The Bertz CT molecular complexity index is 1910. The fourth-order valence-electron chi connectivity index (χ4n) is 6.00. The van der Waals surface area contributed by atoms with Crippen LogP contribution in [-0.4, -0.2) is 49.9 Å². The summed E-state index contributed by atoms with van der Waals surface area (Å²) in [5.41, 5.74) is 4.02. The number of nitrogens with zero attached hydrogens (tertiary/aromatic N) is 1. The number of benzene rings is 5. The Balaban J connectivity index is 1.41. The number of aliphatic hydroxyl groups excluding tert-OH is 1. The van der Waals surface area contributed by atoms with Gasteiger partial charge in [-0.1, -0.05) is 88.7 Å². The van der Waals surface area contributed by atoms with Crippen LogP contribution in [0, 0.1) is 0 Å². The van der Waals surface area contributed by atoms with Gasteiger partial charge in [-0.3, -0.25) is 4.79 Å². The minimum absolute atomic E-state index is 0.0590. The van der Waals surface area contributed by atoms with Crippen LogP contribution in [0.3, 0.4) is 0 Å². The Morgan fingerprint density at radius 3 is 2.12 bits per heavy atom. The highest BCUT2D eigenvalue weighted by molar-refractivity contribution is 9.10. The summed E-state index contributed by atoms with van der Waals surface area (Å²) < 4.78 is 24.3. The summed E-state index contributed by atoms with van der Waals surface area (Å²) in [6.07, 6.45) is 0.0469. The zero-order valence-electron chi connectivity index (χ0n) is 28.0. The van der Waals surface area contributed by atoms with Gasteiger partial charge in [0.25, 0.3) is 5.91 Å². The molecule has 6 rings (SSSR count). The molecule has 0 aliphatic carbocycles. The van der Waals surface area contributed by atoms with Gasteiger partial charge in [0.2, 0.25) is 5.90 Å². The third-order valence-electron chi connectivity index (χ3n) is 8.63. The van der Waals surface area contributed by atoms with E-state index in [2.05, 4.69) is 33.4 Å². The van der Waals surface area contributed by atoms with Gasteiger partial charge in [-0.15, -0.1) is 0 Å². The van der Waals surface area contributed by atoms with Crippen molar-refractivity contribution in [2.75, 3.05) is 27.4 Å². The van der Waals surface area contributed by atoms with Crippen LogP contribution in [0.4, 0.5) is 0 Å². The number of carbonyl (C=O) groups excluding carboxylic acids is 1. The Labute approximate surface area is 300 Å². The molecule has 0 spiro atoms. The van der Waals surface area contributed by atoms with Crippen molar-refractivity contribution in [1.82, 2.24) is 5.32 Å². The van der Waals surface area contributed by atoms with Crippen LogP contribution in [0.1, 0.15) is 34.8 Å². The van der Waals surface area contributed by atoms with Crippen LogP contribution < -0.4 is 19.5 Å². The second-order valence-electron chi connectivity index (χ2n) is 11.9. The molecule has 0 saturated carbocycles. The lowest BCUT2D eigenvalue weighted by molar-refractivity contribution is -0.129. The Hall–Kier alpha value is -5.12. The van der Waals surface area contributed by atoms with Crippen molar-refractivity contribution in [2.24, 2.45) is 4.99 Å². The molecule has 1 aliphatic rings. The van der Waals surface area contributed by atoms with E-state index in [1.807, 2.05) is 103 Å². The monoisotopic (exact) mass is 734 g/mol. The summed E-state index contributed by atoms with van der Waals surface area (Å²) in [5.74, 6) is 1.99. The zero-order chi connectivity index (χ0) is 34.9. The number of aliphatic imine (C=N–C) groups is 1. The molecule has 1 heterocycles. The van der Waals surface area contributed by atoms with Crippen LogP contribution in [0.5, 0.6) is 17.2 Å². The number of hydrogen-bond donors (Lipinski definition) is 2. The number of rotatable bonds is 14. The van der Waals surface area contributed by atoms with Crippen molar-refractivity contribution >= 4 is 27.7 Å². The quantitative estimate of drug-likeness (QED) is 0.114. The average Bonchev–Trinajstić information content (AvgIpc) is 3.55. The van der Waals surface area contributed by atoms with Gasteiger partial charge in [-0.25, -0.2) is 4.99 Å². The number of methoxy groups -OCH3 is 2. The molecule has 2 atom stereocenters. The standard InChI is InChI=1S/C41H39BrN2O6/c1-47-35-23-28(24-36(25-35)48-2)27-43-40(46)41(26-33-11-6-7-12-37(33)42)38(31-15-13-30(14-16-31)29-9-4-3-5-10-29)50-39(44-41)32-17-19-34(20-18-32)49-22-8-21-45/h3-7,9-20,23-25,38,45H,8,21-22,26-27H2,1-2H3,(H,43,46)/t38-,41-/m1/s1. The second-order valence-corrected chi connectivity index (χ2v) is 12.8. The Kier molecular flexibility index (Phi) is 11.2. The van der Waals surface area contributed by atoms with Gasteiger partial charge < -0.3 is 29.4 Å². The van der Waals surface area contributed by atoms with E-state index >= 15 is 0 Å². The molecule has 256 valence electrons. The van der Waals surface area contributed by atoms with E-state index in [-0.39, 0.29) is 25.5 Å². The minimum atomic E-state index is -1.38. The SMILES string of the molecule is COc1cc(CNC(=O)[C@]2(Cc3ccccc3Br)N=C(c3ccc(OCCCO)cc3)O[C@@H]2c2ccc(-c3ccccc3)cc2)cc(OC)c1. The van der Waals surface area contributed by atoms with E-state index < -0.39 is 11.6 Å². The molecular weight excluding hydrogens is 696 g/mol. The fourth-order valence-corrected chi connectivity index (χ4v) is 6.42. The average molecular weight is 736 g/mol. The summed E-state index contributed by atoms with van der Waals surface area (Å²) in [7, 11) is 3.19. The maximum atomic E-state index is 14.8. The van der Waals surface area contributed by atoms with E-state index in [9.17, 15) is 4.79 Å². The van der Waals surface area contributed by atoms with Gasteiger partial charge in [0.1, 0.15) is 17.2 Å². The van der Waals surface area contributed by atoms with Crippen molar-refractivity contribution in [3.63, 3.8) is 0 Å². The molecule has 0 aromatic heterocycles. The molecule has 0 saturated heterocycles. The predicted octanol–water partition coefficient (Wildman–Crippen LogP) is 7.71. The molecule has 0 bridgehead atoms. The van der Waals surface area contributed by atoms with Gasteiger partial charge in [-0.05, 0) is 70.3 Å². The summed E-state index contributed by atoms with van der Waals surface area (Å²) in [6.45, 7) is 0.681. The summed E-state index contributed by atoms with van der Waals surface area (Å²) >= 11 is 3.71. The van der Waals surface area contributed by atoms with Crippen LogP contribution in [-0.2, 0) is 22.5 Å². The molecule has 1 aliphatic heterocycles. The highest BCUT2D eigenvalue weighted by Crippen LogP contribution is 2.44. The molecule has 5 aromatic rings. The lowest BCUT2D eigenvalue weighted by atomic mass is 9.81. The van der Waals surface area contributed by atoms with E-state index in [0.29, 0.717) is 41.7 Å². The third kappa shape index (κ3) is 7.85. The second kappa shape index (κ2) is 16.1. The van der Waals surface area contributed by atoms with Crippen LogP contribution in [0.2, 0.25) is 0 Å². The normalized spacial score (nSPS) is 16.6. The fraction of sp³-hybridized carbons (Fsp3) is 0.220. The smallest absolute Gasteiger partial charge is 0.252 e. The van der Waals surface area contributed by atoms with E-state index in [1.165, 1.54) is 0 Å². The molecule has 9 heteroatoms. The number of hydrogen-bond acceptors (Lipinski definition) is 7. The van der Waals surface area contributed by atoms with Crippen molar-refractivity contribution in [3.05, 3.63) is 148 Å². The first-order valence-electron chi connectivity index (χ1n) is 16.4. The topological polar surface area (TPSA) is 98.6 Å². The number of carbonyl (C=O) groups is 1. The Morgan fingerprint density at radius 2 is 1.46 bits per heavy atom. The zero-order valence-corrected chi connectivity index (χ0v) is 29.6. The molecule has 0 radical (unpaired) electrons. The molecular formula is C41H39BrN2O6. The van der Waals surface area contributed by atoms with Gasteiger partial charge in [0.05, 0.1) is 20.8 Å². The molecule has 5 aromatic carbocycles. The lowest BCUT2D eigenvalue weighted by Gasteiger charge is -2.31. The molecule has 1 amide bonds. The summed E-state index contributed by atoms with van der Waals surface area (Å²) in [4.78, 5) is 20.0. The maximum absolute atomic E-state index is 14.8. The Morgan fingerprint density at radius 1 is 0.820 bits per heavy atom. The van der Waals surface area contributed by atoms with Crippen LogP contribution >= 0.6 is 15.9 Å². The lowest BCUT2D eigenvalue weighted by Crippen LogP contribution is -2.49. The predicted molar refractivity (Wildman–Crippen MR) is 198 cm³/mol. The number of ether oxygens (including phenoxy) is 4. The van der Waals surface area contributed by atoms with Gasteiger partial charge in [0, 0.05) is 42.1 Å². The maximum Gasteiger partial charge on any atom is 0.252 e. The molecule has 8 nitrogen and oxygen atoms in total. The van der Waals surface area contributed by atoms with Crippen LogP contribution in [0.15, 0.2) is 131 Å². The number of aliphatic hydroxyl groups is 1. The van der Waals surface area contributed by atoms with Gasteiger partial charge in [-0.2, -0.15) is 0 Å². The molecule has 2 N–H and O–H groups in total. The van der Waals surface area contributed by atoms with Crippen molar-refractivity contribution in [3.8, 4) is 28.4 Å². The van der Waals surface area contributed by atoms with Crippen LogP contribution in [0.25, 0.3) is 11.1 Å². The molecule has 50 heavy (non-hydrogen) atoms. The minimum Gasteiger partial charge on any atom is -0.497 e. The van der Waals surface area contributed by atoms with Gasteiger partial charge >= 0.3 is 0 Å². The third-order valence-corrected chi connectivity index (χ3v) is 9.41. The van der Waals surface area contributed by atoms with Crippen molar-refractivity contribution < 1.29 is 28.8 Å². The summed E-state index contributed by atoms with van der Waals surface area (Å²) in [6, 6.07) is 39.1. The first kappa shape index (κ1) is 34.7. The highest BCUT2D eigenvalue weighted by atomic mass is 79.9. The molecule has 0 fully saturated rings. The van der Waals surface area contributed by atoms with Crippen molar-refractivity contribution in [2.45, 2.75) is 31.0 Å². The first-order valence-corrected chi connectivity index (χ1v) is 17.2. The van der Waals surface area contributed by atoms with Gasteiger partial charge in [0.15, 0.2) is 11.6 Å². The first-order chi connectivity index (χ1) is 24.4. The summed E-state index contributed by atoms with van der Waals surface area (Å²) in [5, 5.41) is 12.3. The largest absolute Gasteiger partial charge is 0.497 e. The number of nitrogens with one attached hydrogen (secondary N) is 1. The van der Waals surface area contributed by atoms with Crippen molar-refractivity contribution in [1.29, 1.82) is 0 Å². The van der Waals surface area contributed by atoms with E-state index in [4.69, 9.17) is 29.0 Å². The molecule has 0 unspecified atom stereocenters. The van der Waals surface area contributed by atoms with E-state index in [1.54, 1.807) is 20.3 Å². The number of halogens is 1.